The van der Waals surface area contributed by atoms with Gasteiger partial charge in [0.05, 0.1) is 12.7 Å². The predicted molar refractivity (Wildman–Crippen MR) is 80.9 cm³/mol. The van der Waals surface area contributed by atoms with Crippen LogP contribution in [0.15, 0.2) is 24.3 Å². The lowest BCUT2D eigenvalue weighted by atomic mass is 9.82. The van der Waals surface area contributed by atoms with Crippen LogP contribution in [0.1, 0.15) is 30.6 Å². The van der Waals surface area contributed by atoms with Crippen LogP contribution in [0.25, 0.3) is 0 Å². The Kier molecular flexibility index (Phi) is 4.40. The zero-order chi connectivity index (χ0) is 13.9. The quantitative estimate of drug-likeness (QED) is 0.860. The summed E-state index contributed by atoms with van der Waals surface area (Å²) in [7, 11) is 1.41. The third-order valence-corrected chi connectivity index (χ3v) is 4.80. The maximum atomic E-state index is 11.5. The van der Waals surface area contributed by atoms with Crippen molar-refractivity contribution in [2.75, 3.05) is 23.9 Å². The molecule has 1 fully saturated rings. The lowest BCUT2D eigenvalue weighted by Crippen LogP contribution is -2.41. The molecule has 2 rings (SSSR count). The Morgan fingerprint density at radius 1 is 1.47 bits per heavy atom. The van der Waals surface area contributed by atoms with E-state index in [1.54, 1.807) is 6.07 Å². The second kappa shape index (κ2) is 5.87. The summed E-state index contributed by atoms with van der Waals surface area (Å²) in [6.45, 7) is 4.60. The third-order valence-electron chi connectivity index (χ3n) is 3.74. The fraction of sp³-hybridized carbons (Fsp3) is 0.533. The van der Waals surface area contributed by atoms with Crippen molar-refractivity contribution in [3.05, 3.63) is 29.8 Å². The number of ether oxygens (including phenoxy) is 1. The normalized spacial score (nSPS) is 21.7. The van der Waals surface area contributed by atoms with E-state index < -0.39 is 0 Å². The van der Waals surface area contributed by atoms with Crippen molar-refractivity contribution in [1.82, 2.24) is 0 Å². The molecular weight excluding hydrogens is 258 g/mol. The molecule has 3 nitrogen and oxygen atoms in total. The molecule has 1 N–H and O–H groups in total. The van der Waals surface area contributed by atoms with E-state index in [0.717, 1.165) is 11.4 Å². The summed E-state index contributed by atoms with van der Waals surface area (Å²) in [6, 6.07) is 7.96. The molecule has 104 valence electrons. The van der Waals surface area contributed by atoms with E-state index in [2.05, 4.69) is 19.2 Å². The van der Waals surface area contributed by atoms with E-state index in [1.165, 1.54) is 19.3 Å². The van der Waals surface area contributed by atoms with E-state index in [4.69, 9.17) is 4.74 Å². The average Bonchev–Trinajstić information content (AvgIpc) is 2.40. The molecule has 1 aliphatic heterocycles. The zero-order valence-electron chi connectivity index (χ0n) is 11.7. The summed E-state index contributed by atoms with van der Waals surface area (Å²) in [4.78, 5) is 11.5. The molecule has 1 aromatic carbocycles. The van der Waals surface area contributed by atoms with E-state index in [9.17, 15) is 4.79 Å². The number of esters is 1. The minimum atomic E-state index is -0.291. The van der Waals surface area contributed by atoms with Crippen molar-refractivity contribution in [3.8, 4) is 0 Å². The second-order valence-corrected chi connectivity index (χ2v) is 6.73. The van der Waals surface area contributed by atoms with Gasteiger partial charge < -0.3 is 10.1 Å². The molecule has 0 spiro atoms. The average molecular weight is 279 g/mol. The largest absolute Gasteiger partial charge is 0.465 e. The Morgan fingerprint density at radius 2 is 2.26 bits per heavy atom. The number of hydrogen-bond donors (Lipinski definition) is 1. The first-order valence-corrected chi connectivity index (χ1v) is 7.71. The van der Waals surface area contributed by atoms with Gasteiger partial charge >= 0.3 is 5.97 Å². The molecule has 19 heavy (non-hydrogen) atoms. The molecule has 1 heterocycles. The lowest BCUT2D eigenvalue weighted by Gasteiger charge is -2.39. The van der Waals surface area contributed by atoms with Crippen LogP contribution in [0.4, 0.5) is 5.69 Å². The molecule has 1 unspecified atom stereocenters. The van der Waals surface area contributed by atoms with Gasteiger partial charge in [-0.15, -0.1) is 0 Å². The van der Waals surface area contributed by atoms with Gasteiger partial charge in [-0.05, 0) is 35.8 Å². The standard InChI is InChI=1S/C15H21NO2S/c1-15(2)7-8-19-10-13(15)16-12-6-4-5-11(9-12)14(17)18-3/h4-6,9,13,16H,7-8,10H2,1-3H3. The van der Waals surface area contributed by atoms with Crippen molar-refractivity contribution < 1.29 is 9.53 Å². The van der Waals surface area contributed by atoms with Crippen LogP contribution in [-0.4, -0.2) is 30.6 Å². The fourth-order valence-electron chi connectivity index (χ4n) is 2.23. The first kappa shape index (κ1) is 14.3. The minimum absolute atomic E-state index is 0.284. The molecule has 1 aromatic rings. The topological polar surface area (TPSA) is 38.3 Å². The Labute approximate surface area is 119 Å². The Morgan fingerprint density at radius 3 is 2.95 bits per heavy atom. The van der Waals surface area contributed by atoms with Crippen molar-refractivity contribution in [2.45, 2.75) is 26.3 Å². The molecular formula is C15H21NO2S. The van der Waals surface area contributed by atoms with Crippen molar-refractivity contribution >= 4 is 23.4 Å². The molecule has 0 bridgehead atoms. The smallest absolute Gasteiger partial charge is 0.337 e. The highest BCUT2D eigenvalue weighted by atomic mass is 32.2. The fourth-order valence-corrected chi connectivity index (χ4v) is 3.84. The van der Waals surface area contributed by atoms with E-state index >= 15 is 0 Å². The Bertz CT molecular complexity index is 459. The van der Waals surface area contributed by atoms with Crippen molar-refractivity contribution in [3.63, 3.8) is 0 Å². The van der Waals surface area contributed by atoms with E-state index in [1.807, 2.05) is 30.0 Å². The van der Waals surface area contributed by atoms with Gasteiger partial charge in [0.2, 0.25) is 0 Å². The van der Waals surface area contributed by atoms with Gasteiger partial charge in [0.25, 0.3) is 0 Å². The van der Waals surface area contributed by atoms with E-state index in [0.29, 0.717) is 11.6 Å². The molecule has 0 aromatic heterocycles. The highest BCUT2D eigenvalue weighted by molar-refractivity contribution is 7.99. The minimum Gasteiger partial charge on any atom is -0.465 e. The summed E-state index contributed by atoms with van der Waals surface area (Å²) in [5, 5.41) is 3.56. The van der Waals surface area contributed by atoms with Gasteiger partial charge in [0.15, 0.2) is 0 Å². The summed E-state index contributed by atoms with van der Waals surface area (Å²) < 4.78 is 4.75. The van der Waals surface area contributed by atoms with Crippen LogP contribution >= 0.6 is 11.8 Å². The maximum Gasteiger partial charge on any atom is 0.337 e. The number of carbonyl (C=O) groups is 1. The molecule has 1 saturated heterocycles. The first-order valence-electron chi connectivity index (χ1n) is 6.55. The lowest BCUT2D eigenvalue weighted by molar-refractivity contribution is 0.0601. The SMILES string of the molecule is COC(=O)c1cccc(NC2CSCCC2(C)C)c1. The number of rotatable bonds is 3. The molecule has 0 aliphatic carbocycles. The highest BCUT2D eigenvalue weighted by Gasteiger charge is 2.32. The second-order valence-electron chi connectivity index (χ2n) is 5.58. The molecule has 0 radical (unpaired) electrons. The zero-order valence-corrected chi connectivity index (χ0v) is 12.5. The molecule has 1 atom stereocenters. The van der Waals surface area contributed by atoms with Crippen molar-refractivity contribution in [1.29, 1.82) is 0 Å². The van der Waals surface area contributed by atoms with E-state index in [-0.39, 0.29) is 11.4 Å². The number of thioether (sulfide) groups is 1. The van der Waals surface area contributed by atoms with Gasteiger partial charge in [0, 0.05) is 17.5 Å². The Hall–Kier alpha value is -1.16. The van der Waals surface area contributed by atoms with Crippen LogP contribution in [0.5, 0.6) is 0 Å². The van der Waals surface area contributed by atoms with Crippen LogP contribution in [0, 0.1) is 5.41 Å². The predicted octanol–water partition coefficient (Wildman–Crippen LogP) is 3.42. The van der Waals surface area contributed by atoms with Crippen LogP contribution < -0.4 is 5.32 Å². The maximum absolute atomic E-state index is 11.5. The number of anilines is 1. The number of benzene rings is 1. The summed E-state index contributed by atoms with van der Waals surface area (Å²) >= 11 is 1.99. The molecule has 1 aliphatic rings. The number of hydrogen-bond acceptors (Lipinski definition) is 4. The summed E-state index contributed by atoms with van der Waals surface area (Å²) in [5.41, 5.74) is 1.87. The number of nitrogens with one attached hydrogen (secondary N) is 1. The number of methoxy groups -OCH3 is 1. The Balaban J connectivity index is 2.12. The van der Waals surface area contributed by atoms with Gasteiger partial charge in [-0.1, -0.05) is 19.9 Å². The third kappa shape index (κ3) is 3.44. The molecule has 0 saturated carbocycles. The van der Waals surface area contributed by atoms with Crippen molar-refractivity contribution in [2.24, 2.45) is 5.41 Å². The summed E-state index contributed by atoms with van der Waals surface area (Å²) in [5.74, 6) is 2.05. The summed E-state index contributed by atoms with van der Waals surface area (Å²) in [6.07, 6.45) is 1.21. The van der Waals surface area contributed by atoms with Crippen LogP contribution in [-0.2, 0) is 4.74 Å². The van der Waals surface area contributed by atoms with Crippen LogP contribution in [0.2, 0.25) is 0 Å². The van der Waals surface area contributed by atoms with Gasteiger partial charge in [0.1, 0.15) is 0 Å². The van der Waals surface area contributed by atoms with Gasteiger partial charge in [-0.3, -0.25) is 0 Å². The number of carbonyl (C=O) groups excluding carboxylic acids is 1. The van der Waals surface area contributed by atoms with Gasteiger partial charge in [-0.25, -0.2) is 4.79 Å². The molecule has 0 amide bonds. The molecule has 4 heteroatoms. The first-order chi connectivity index (χ1) is 9.03. The highest BCUT2D eigenvalue weighted by Crippen LogP contribution is 2.36. The van der Waals surface area contributed by atoms with Gasteiger partial charge in [-0.2, -0.15) is 11.8 Å². The van der Waals surface area contributed by atoms with Crippen LogP contribution in [0.3, 0.4) is 0 Å². The monoisotopic (exact) mass is 279 g/mol.